The maximum Gasteiger partial charge on any atom is 0.341 e. The molecule has 0 aliphatic rings. The Hall–Kier alpha value is -2.37. The second kappa shape index (κ2) is 5.51. The Kier molecular flexibility index (Phi) is 3.79. The zero-order chi connectivity index (χ0) is 13.8. The zero-order valence-electron chi connectivity index (χ0n) is 11.1. The molecule has 0 aliphatic heterocycles. The SMILES string of the molecule is COC(=O)c1cccnc1NCc1c(C)noc1C. The second-order valence-electron chi connectivity index (χ2n) is 4.05. The van der Waals surface area contributed by atoms with Crippen molar-refractivity contribution in [3.05, 3.63) is 40.9 Å². The molecule has 0 fully saturated rings. The highest BCUT2D eigenvalue weighted by atomic mass is 16.5. The molecule has 0 amide bonds. The quantitative estimate of drug-likeness (QED) is 0.849. The van der Waals surface area contributed by atoms with Crippen molar-refractivity contribution in [3.8, 4) is 0 Å². The van der Waals surface area contributed by atoms with E-state index in [0.29, 0.717) is 17.9 Å². The number of aromatic nitrogens is 2. The van der Waals surface area contributed by atoms with Crippen molar-refractivity contribution >= 4 is 11.8 Å². The van der Waals surface area contributed by atoms with Crippen molar-refractivity contribution in [1.82, 2.24) is 10.1 Å². The highest BCUT2D eigenvalue weighted by Gasteiger charge is 2.14. The molecule has 100 valence electrons. The van der Waals surface area contributed by atoms with Gasteiger partial charge in [-0.3, -0.25) is 0 Å². The number of ether oxygens (including phenoxy) is 1. The highest BCUT2D eigenvalue weighted by Crippen LogP contribution is 2.17. The van der Waals surface area contributed by atoms with Crippen LogP contribution in [-0.4, -0.2) is 23.2 Å². The van der Waals surface area contributed by atoms with E-state index in [9.17, 15) is 4.79 Å². The van der Waals surface area contributed by atoms with Crippen LogP contribution in [0.4, 0.5) is 5.82 Å². The first-order valence-electron chi connectivity index (χ1n) is 5.82. The van der Waals surface area contributed by atoms with Crippen LogP contribution in [0.25, 0.3) is 0 Å². The number of anilines is 1. The Labute approximate surface area is 110 Å². The Balaban J connectivity index is 2.18. The predicted molar refractivity (Wildman–Crippen MR) is 68.9 cm³/mol. The number of rotatable bonds is 4. The second-order valence-corrected chi connectivity index (χ2v) is 4.05. The number of hydrogen-bond acceptors (Lipinski definition) is 6. The van der Waals surface area contributed by atoms with Crippen LogP contribution in [0, 0.1) is 13.8 Å². The van der Waals surface area contributed by atoms with Crippen molar-refractivity contribution in [2.75, 3.05) is 12.4 Å². The third-order valence-electron chi connectivity index (χ3n) is 2.83. The molecule has 2 aromatic rings. The fourth-order valence-electron chi connectivity index (χ4n) is 1.75. The van der Waals surface area contributed by atoms with E-state index in [-0.39, 0.29) is 0 Å². The monoisotopic (exact) mass is 261 g/mol. The van der Waals surface area contributed by atoms with Crippen LogP contribution >= 0.6 is 0 Å². The van der Waals surface area contributed by atoms with Gasteiger partial charge in [0.25, 0.3) is 0 Å². The molecule has 2 heterocycles. The van der Waals surface area contributed by atoms with E-state index in [1.807, 2.05) is 13.8 Å². The fourth-order valence-corrected chi connectivity index (χ4v) is 1.75. The van der Waals surface area contributed by atoms with Gasteiger partial charge in [-0.25, -0.2) is 9.78 Å². The fraction of sp³-hybridized carbons (Fsp3) is 0.308. The number of methoxy groups -OCH3 is 1. The van der Waals surface area contributed by atoms with Crippen LogP contribution < -0.4 is 5.32 Å². The van der Waals surface area contributed by atoms with Gasteiger partial charge in [0.1, 0.15) is 17.1 Å². The predicted octanol–water partition coefficient (Wildman–Crippen LogP) is 2.09. The minimum Gasteiger partial charge on any atom is -0.465 e. The van der Waals surface area contributed by atoms with E-state index in [2.05, 4.69) is 15.5 Å². The lowest BCUT2D eigenvalue weighted by Crippen LogP contribution is -2.10. The maximum absolute atomic E-state index is 11.6. The molecule has 0 saturated carbocycles. The van der Waals surface area contributed by atoms with Crippen molar-refractivity contribution in [2.45, 2.75) is 20.4 Å². The van der Waals surface area contributed by atoms with Gasteiger partial charge in [0.15, 0.2) is 0 Å². The van der Waals surface area contributed by atoms with Gasteiger partial charge >= 0.3 is 5.97 Å². The average Bonchev–Trinajstić information content (AvgIpc) is 2.75. The largest absolute Gasteiger partial charge is 0.465 e. The van der Waals surface area contributed by atoms with Gasteiger partial charge < -0.3 is 14.6 Å². The first-order chi connectivity index (χ1) is 9.13. The summed E-state index contributed by atoms with van der Waals surface area (Å²) in [4.78, 5) is 15.7. The minimum absolute atomic E-state index is 0.400. The van der Waals surface area contributed by atoms with Gasteiger partial charge in [-0.05, 0) is 26.0 Å². The summed E-state index contributed by atoms with van der Waals surface area (Å²) in [6.07, 6.45) is 1.61. The summed E-state index contributed by atoms with van der Waals surface area (Å²) < 4.78 is 9.79. The van der Waals surface area contributed by atoms with E-state index in [0.717, 1.165) is 17.0 Å². The first-order valence-corrected chi connectivity index (χ1v) is 5.82. The summed E-state index contributed by atoms with van der Waals surface area (Å²) in [5, 5.41) is 6.98. The molecule has 0 aliphatic carbocycles. The third kappa shape index (κ3) is 2.73. The van der Waals surface area contributed by atoms with Crippen LogP contribution in [0.1, 0.15) is 27.4 Å². The number of carbonyl (C=O) groups is 1. The van der Waals surface area contributed by atoms with Gasteiger partial charge in [-0.1, -0.05) is 5.16 Å². The van der Waals surface area contributed by atoms with Crippen molar-refractivity contribution in [3.63, 3.8) is 0 Å². The molecule has 0 atom stereocenters. The average molecular weight is 261 g/mol. The molecule has 19 heavy (non-hydrogen) atoms. The van der Waals surface area contributed by atoms with Crippen molar-refractivity contribution in [2.24, 2.45) is 0 Å². The topological polar surface area (TPSA) is 77.2 Å². The van der Waals surface area contributed by atoms with E-state index in [4.69, 9.17) is 9.26 Å². The van der Waals surface area contributed by atoms with E-state index < -0.39 is 5.97 Å². The molecule has 0 unspecified atom stereocenters. The standard InChI is InChI=1S/C13H15N3O3/c1-8-11(9(2)19-16-8)7-15-12-10(13(17)18-3)5-4-6-14-12/h4-6H,7H2,1-3H3,(H,14,15). The maximum atomic E-state index is 11.6. The number of nitrogens with zero attached hydrogens (tertiary/aromatic N) is 2. The summed E-state index contributed by atoms with van der Waals surface area (Å²) in [7, 11) is 1.34. The molecule has 0 aromatic carbocycles. The van der Waals surface area contributed by atoms with Crippen LogP contribution in [0.2, 0.25) is 0 Å². The summed E-state index contributed by atoms with van der Waals surface area (Å²) >= 11 is 0. The molecule has 6 heteroatoms. The van der Waals surface area contributed by atoms with Crippen LogP contribution in [0.3, 0.4) is 0 Å². The molecule has 0 radical (unpaired) electrons. The lowest BCUT2D eigenvalue weighted by Gasteiger charge is -2.09. The Bertz CT molecular complexity index is 573. The van der Waals surface area contributed by atoms with Crippen molar-refractivity contribution < 1.29 is 14.1 Å². The van der Waals surface area contributed by atoms with Gasteiger partial charge in [0, 0.05) is 18.3 Å². The van der Waals surface area contributed by atoms with E-state index >= 15 is 0 Å². The molecule has 6 nitrogen and oxygen atoms in total. The molecular formula is C13H15N3O3. The lowest BCUT2D eigenvalue weighted by atomic mass is 10.2. The van der Waals surface area contributed by atoms with Gasteiger partial charge in [0.2, 0.25) is 0 Å². The van der Waals surface area contributed by atoms with Crippen molar-refractivity contribution in [1.29, 1.82) is 0 Å². The molecular weight excluding hydrogens is 246 g/mol. The summed E-state index contributed by atoms with van der Waals surface area (Å²) in [5.74, 6) is 0.810. The normalized spacial score (nSPS) is 10.3. The number of esters is 1. The number of carbonyl (C=O) groups excluding carboxylic acids is 1. The molecule has 2 rings (SSSR count). The summed E-state index contributed by atoms with van der Waals surface area (Å²) in [6, 6.07) is 3.35. The summed E-state index contributed by atoms with van der Waals surface area (Å²) in [5.41, 5.74) is 2.18. The minimum atomic E-state index is -0.422. The Morgan fingerprint density at radius 3 is 2.89 bits per heavy atom. The lowest BCUT2D eigenvalue weighted by molar-refractivity contribution is 0.0601. The van der Waals surface area contributed by atoms with Gasteiger partial charge in [-0.15, -0.1) is 0 Å². The smallest absolute Gasteiger partial charge is 0.341 e. The van der Waals surface area contributed by atoms with Crippen LogP contribution in [0.15, 0.2) is 22.9 Å². The Morgan fingerprint density at radius 2 is 2.26 bits per heavy atom. The van der Waals surface area contributed by atoms with Gasteiger partial charge in [0.05, 0.1) is 12.8 Å². The molecule has 1 N–H and O–H groups in total. The number of pyridine rings is 1. The zero-order valence-corrected chi connectivity index (χ0v) is 11.1. The van der Waals surface area contributed by atoms with Crippen LogP contribution in [0.5, 0.6) is 0 Å². The number of nitrogens with one attached hydrogen (secondary N) is 1. The third-order valence-corrected chi connectivity index (χ3v) is 2.83. The van der Waals surface area contributed by atoms with E-state index in [1.165, 1.54) is 7.11 Å². The Morgan fingerprint density at radius 1 is 1.47 bits per heavy atom. The molecule has 0 bridgehead atoms. The highest BCUT2D eigenvalue weighted by molar-refractivity contribution is 5.94. The van der Waals surface area contributed by atoms with E-state index in [1.54, 1.807) is 18.3 Å². The number of aryl methyl sites for hydroxylation is 2. The molecule has 2 aromatic heterocycles. The summed E-state index contributed by atoms with van der Waals surface area (Å²) in [6.45, 7) is 4.20. The number of hydrogen-bond donors (Lipinski definition) is 1. The van der Waals surface area contributed by atoms with Crippen LogP contribution in [-0.2, 0) is 11.3 Å². The first kappa shape index (κ1) is 13.1. The molecule has 0 saturated heterocycles. The molecule has 0 spiro atoms. The van der Waals surface area contributed by atoms with Gasteiger partial charge in [-0.2, -0.15) is 0 Å².